The molecule has 0 radical (unpaired) electrons. The number of nitrogens with one attached hydrogen (secondary N) is 1. The number of ether oxygens (including phenoxy) is 2. The van der Waals surface area contributed by atoms with Crippen molar-refractivity contribution >= 4 is 27.5 Å². The van der Waals surface area contributed by atoms with Gasteiger partial charge in [0.1, 0.15) is 0 Å². The van der Waals surface area contributed by atoms with Crippen molar-refractivity contribution in [1.82, 2.24) is 5.32 Å². The molecule has 0 unspecified atom stereocenters. The molecule has 7 heteroatoms. The van der Waals surface area contributed by atoms with Crippen molar-refractivity contribution in [3.05, 3.63) is 0 Å². The number of carbonyl (C=O) groups is 1. The van der Waals surface area contributed by atoms with E-state index < -0.39 is 0 Å². The number of amides is 1. The van der Waals surface area contributed by atoms with Gasteiger partial charge in [-0.05, 0) is 33.1 Å². The van der Waals surface area contributed by atoms with Gasteiger partial charge in [0.2, 0.25) is 5.91 Å². The first-order valence-electron chi connectivity index (χ1n) is 7.76. The molecule has 132 valence electrons. The minimum Gasteiger partial charge on any atom is -0.396 e. The Balaban J connectivity index is 3.56. The van der Waals surface area contributed by atoms with Gasteiger partial charge in [0.05, 0.1) is 19.8 Å². The highest BCUT2D eigenvalue weighted by atomic mass is 33.1. The topological polar surface area (TPSA) is 67.8 Å². The molecular weight excluding hydrogens is 322 g/mol. The van der Waals surface area contributed by atoms with Crippen LogP contribution >= 0.6 is 21.6 Å². The second kappa shape index (κ2) is 14.6. The van der Waals surface area contributed by atoms with Crippen LogP contribution in [-0.2, 0) is 14.3 Å². The number of aliphatic hydroxyl groups excluding tert-OH is 1. The standard InChI is InChI=1S/C15H31NO4S2/c1-15(2,22-21-13-5-4-9-17)7-6-14(18)16-8-10-20-12-11-19-3/h17H,4-13H2,1-3H3,(H,16,18). The predicted molar refractivity (Wildman–Crippen MR) is 95.4 cm³/mol. The lowest BCUT2D eigenvalue weighted by Gasteiger charge is -2.22. The maximum Gasteiger partial charge on any atom is 0.220 e. The highest BCUT2D eigenvalue weighted by Gasteiger charge is 2.20. The zero-order valence-electron chi connectivity index (χ0n) is 14.1. The summed E-state index contributed by atoms with van der Waals surface area (Å²) in [5.41, 5.74) is 0. The van der Waals surface area contributed by atoms with E-state index in [2.05, 4.69) is 19.2 Å². The number of rotatable bonds is 15. The second-order valence-electron chi connectivity index (χ2n) is 5.55. The number of hydrogen-bond acceptors (Lipinski definition) is 6. The summed E-state index contributed by atoms with van der Waals surface area (Å²) in [5, 5.41) is 11.6. The first kappa shape index (κ1) is 22.1. The Kier molecular flexibility index (Phi) is 14.7. The summed E-state index contributed by atoms with van der Waals surface area (Å²) in [5.74, 6) is 1.12. The van der Waals surface area contributed by atoms with Crippen LogP contribution in [0.15, 0.2) is 0 Å². The molecule has 0 aromatic carbocycles. The Morgan fingerprint density at radius 1 is 1.23 bits per heavy atom. The van der Waals surface area contributed by atoms with Crippen LogP contribution in [0.3, 0.4) is 0 Å². The Morgan fingerprint density at radius 3 is 2.68 bits per heavy atom. The Hall–Kier alpha value is 0.0500. The molecule has 0 aromatic heterocycles. The van der Waals surface area contributed by atoms with Gasteiger partial charge in [0.25, 0.3) is 0 Å². The molecule has 0 aromatic rings. The molecule has 2 N–H and O–H groups in total. The molecule has 0 atom stereocenters. The van der Waals surface area contributed by atoms with Crippen molar-refractivity contribution in [3.63, 3.8) is 0 Å². The monoisotopic (exact) mass is 353 g/mol. The molecule has 0 heterocycles. The summed E-state index contributed by atoms with van der Waals surface area (Å²) in [7, 11) is 5.28. The van der Waals surface area contributed by atoms with Crippen LogP contribution in [0.25, 0.3) is 0 Å². The average Bonchev–Trinajstić information content (AvgIpc) is 2.48. The molecule has 1 amide bonds. The average molecular weight is 354 g/mol. The van der Waals surface area contributed by atoms with Crippen LogP contribution < -0.4 is 5.32 Å². The van der Waals surface area contributed by atoms with Crippen molar-refractivity contribution in [1.29, 1.82) is 0 Å². The summed E-state index contributed by atoms with van der Waals surface area (Å²) in [6.45, 7) is 6.80. The van der Waals surface area contributed by atoms with E-state index >= 15 is 0 Å². The maximum absolute atomic E-state index is 11.8. The normalized spacial score (nSPS) is 11.6. The van der Waals surface area contributed by atoms with Crippen molar-refractivity contribution in [2.45, 2.75) is 44.3 Å². The third-order valence-electron chi connectivity index (χ3n) is 2.87. The van der Waals surface area contributed by atoms with E-state index in [0.29, 0.717) is 32.8 Å². The van der Waals surface area contributed by atoms with Crippen LogP contribution in [0.1, 0.15) is 39.5 Å². The van der Waals surface area contributed by atoms with Gasteiger partial charge in [-0.2, -0.15) is 0 Å². The quantitative estimate of drug-likeness (QED) is 0.348. The molecule has 0 spiro atoms. The van der Waals surface area contributed by atoms with E-state index in [1.54, 1.807) is 7.11 Å². The molecule has 0 saturated carbocycles. The molecule has 0 aliphatic heterocycles. The molecule has 0 bridgehead atoms. The van der Waals surface area contributed by atoms with Gasteiger partial charge in [0, 0.05) is 37.2 Å². The number of aliphatic hydroxyl groups is 1. The first-order chi connectivity index (χ1) is 10.5. The Bertz CT molecular complexity index is 278. The fraction of sp³-hybridized carbons (Fsp3) is 0.933. The SMILES string of the molecule is COCCOCCNC(=O)CCC(C)(C)SSCCCCO. The van der Waals surface area contributed by atoms with Gasteiger partial charge in [-0.15, -0.1) is 0 Å². The second-order valence-corrected chi connectivity index (χ2v) is 8.67. The molecule has 0 fully saturated rings. The highest BCUT2D eigenvalue weighted by Crippen LogP contribution is 2.39. The summed E-state index contributed by atoms with van der Waals surface area (Å²) in [4.78, 5) is 11.8. The number of unbranched alkanes of at least 4 members (excludes halogenated alkanes) is 1. The van der Waals surface area contributed by atoms with Gasteiger partial charge in [-0.25, -0.2) is 0 Å². The lowest BCUT2D eigenvalue weighted by molar-refractivity contribution is -0.121. The molecule has 0 rings (SSSR count). The van der Waals surface area contributed by atoms with Crippen molar-refractivity contribution in [2.75, 3.05) is 45.8 Å². The predicted octanol–water partition coefficient (Wildman–Crippen LogP) is 2.48. The fourth-order valence-electron chi connectivity index (χ4n) is 1.53. The minimum absolute atomic E-state index is 0.0781. The van der Waals surface area contributed by atoms with E-state index in [4.69, 9.17) is 14.6 Å². The van der Waals surface area contributed by atoms with Crippen molar-refractivity contribution in [2.24, 2.45) is 0 Å². The summed E-state index contributed by atoms with van der Waals surface area (Å²) in [6, 6.07) is 0. The third-order valence-corrected chi connectivity index (χ3v) is 6.31. The molecular formula is C15H31NO4S2. The number of hydrogen-bond donors (Lipinski definition) is 2. The number of carbonyl (C=O) groups excluding carboxylic acids is 1. The van der Waals surface area contributed by atoms with E-state index in [1.165, 1.54) is 0 Å². The first-order valence-corrected chi connectivity index (χ1v) is 10.1. The van der Waals surface area contributed by atoms with Crippen molar-refractivity contribution < 1.29 is 19.4 Å². The minimum atomic E-state index is 0.0781. The van der Waals surface area contributed by atoms with Crippen molar-refractivity contribution in [3.8, 4) is 0 Å². The molecule has 0 aliphatic rings. The fourth-order valence-corrected chi connectivity index (χ4v) is 4.25. The third kappa shape index (κ3) is 15.0. The zero-order valence-corrected chi connectivity index (χ0v) is 15.7. The van der Waals surface area contributed by atoms with Gasteiger partial charge >= 0.3 is 0 Å². The van der Waals surface area contributed by atoms with E-state index in [9.17, 15) is 4.79 Å². The van der Waals surface area contributed by atoms with Gasteiger partial charge in [-0.1, -0.05) is 21.6 Å². The largest absolute Gasteiger partial charge is 0.396 e. The smallest absolute Gasteiger partial charge is 0.220 e. The lowest BCUT2D eigenvalue weighted by Crippen LogP contribution is -2.29. The summed E-state index contributed by atoms with van der Waals surface area (Å²) >= 11 is 0. The molecule has 0 aliphatic carbocycles. The lowest BCUT2D eigenvalue weighted by atomic mass is 10.1. The number of methoxy groups -OCH3 is 1. The van der Waals surface area contributed by atoms with E-state index in [-0.39, 0.29) is 17.3 Å². The zero-order chi connectivity index (χ0) is 16.7. The highest BCUT2D eigenvalue weighted by molar-refractivity contribution is 8.77. The Morgan fingerprint density at radius 2 is 2.00 bits per heavy atom. The van der Waals surface area contributed by atoms with Crippen LogP contribution in [0.2, 0.25) is 0 Å². The molecule has 22 heavy (non-hydrogen) atoms. The van der Waals surface area contributed by atoms with E-state index in [0.717, 1.165) is 25.0 Å². The Labute approximate surface area is 142 Å². The van der Waals surface area contributed by atoms with Crippen LogP contribution in [0.5, 0.6) is 0 Å². The van der Waals surface area contributed by atoms with Crippen LogP contribution in [0, 0.1) is 0 Å². The molecule has 5 nitrogen and oxygen atoms in total. The van der Waals surface area contributed by atoms with Crippen LogP contribution in [0.4, 0.5) is 0 Å². The summed E-state index contributed by atoms with van der Waals surface area (Å²) < 4.78 is 10.2. The van der Waals surface area contributed by atoms with Gasteiger partial charge in [0.15, 0.2) is 0 Å². The van der Waals surface area contributed by atoms with E-state index in [1.807, 2.05) is 21.6 Å². The molecule has 0 saturated heterocycles. The van der Waals surface area contributed by atoms with Gasteiger partial charge < -0.3 is 19.9 Å². The maximum atomic E-state index is 11.8. The van der Waals surface area contributed by atoms with Crippen LogP contribution in [-0.4, -0.2) is 61.6 Å². The summed E-state index contributed by atoms with van der Waals surface area (Å²) in [6.07, 6.45) is 3.28. The van der Waals surface area contributed by atoms with Gasteiger partial charge in [-0.3, -0.25) is 4.79 Å².